The molecule has 2 N–H and O–H groups in total. The zero-order chi connectivity index (χ0) is 16.7. The maximum Gasteiger partial charge on any atom is 0.315 e. The van der Waals surface area contributed by atoms with E-state index in [0.717, 1.165) is 6.07 Å². The minimum absolute atomic E-state index is 0.0160. The fourth-order valence-electron chi connectivity index (χ4n) is 1.83. The van der Waals surface area contributed by atoms with Gasteiger partial charge in [0.25, 0.3) is 0 Å². The second-order valence-electron chi connectivity index (χ2n) is 4.46. The number of rotatable bonds is 3. The molecule has 22 heavy (non-hydrogen) atoms. The van der Waals surface area contributed by atoms with Crippen molar-refractivity contribution in [1.82, 2.24) is 0 Å². The van der Waals surface area contributed by atoms with Crippen molar-refractivity contribution < 1.29 is 23.6 Å². The number of aryl methyl sites for hydroxylation is 1. The van der Waals surface area contributed by atoms with Crippen LogP contribution in [0.1, 0.15) is 5.56 Å². The fourth-order valence-corrected chi connectivity index (χ4v) is 3.70. The molecule has 0 aliphatic carbocycles. The standard InChI is InChI=1S/C13H10ClNO6S/c1-7-3-2-4-11(12(7)14)22(20,21)8-5-9(15(18)19)13(17)10(16)6-8/h2-6,16-17H,1H3. The summed E-state index contributed by atoms with van der Waals surface area (Å²) in [7, 11) is -4.19. The number of phenols is 2. The molecule has 0 heterocycles. The van der Waals surface area contributed by atoms with Crippen molar-refractivity contribution in [3.63, 3.8) is 0 Å². The molecule has 9 heteroatoms. The number of hydrogen-bond donors (Lipinski definition) is 2. The minimum atomic E-state index is -4.19. The third-order valence-electron chi connectivity index (χ3n) is 3.00. The first kappa shape index (κ1) is 16.1. The first-order valence-corrected chi connectivity index (χ1v) is 7.73. The molecule has 2 aromatic carbocycles. The molecule has 0 unspecified atom stereocenters. The predicted molar refractivity (Wildman–Crippen MR) is 78.1 cm³/mol. The highest BCUT2D eigenvalue weighted by atomic mass is 35.5. The molecule has 0 bridgehead atoms. The smallest absolute Gasteiger partial charge is 0.315 e. The molecule has 0 saturated carbocycles. The summed E-state index contributed by atoms with van der Waals surface area (Å²) >= 11 is 5.98. The maximum absolute atomic E-state index is 12.5. The summed E-state index contributed by atoms with van der Waals surface area (Å²) in [6.45, 7) is 1.61. The zero-order valence-corrected chi connectivity index (χ0v) is 12.7. The molecule has 0 aromatic heterocycles. The van der Waals surface area contributed by atoms with Gasteiger partial charge in [0.2, 0.25) is 15.6 Å². The van der Waals surface area contributed by atoms with Crippen LogP contribution in [-0.2, 0) is 9.84 Å². The quantitative estimate of drug-likeness (QED) is 0.502. The van der Waals surface area contributed by atoms with Crippen LogP contribution in [0.4, 0.5) is 5.69 Å². The lowest BCUT2D eigenvalue weighted by Gasteiger charge is -2.09. The van der Waals surface area contributed by atoms with Gasteiger partial charge in [-0.05, 0) is 18.6 Å². The second-order valence-corrected chi connectivity index (χ2v) is 6.75. The molecule has 0 aliphatic heterocycles. The zero-order valence-electron chi connectivity index (χ0n) is 11.1. The molecule has 0 radical (unpaired) electrons. The van der Waals surface area contributed by atoms with Gasteiger partial charge in [-0.2, -0.15) is 0 Å². The van der Waals surface area contributed by atoms with E-state index in [1.165, 1.54) is 12.1 Å². The van der Waals surface area contributed by atoms with E-state index in [4.69, 9.17) is 11.6 Å². The van der Waals surface area contributed by atoms with Crippen LogP contribution in [0.2, 0.25) is 5.02 Å². The van der Waals surface area contributed by atoms with Gasteiger partial charge >= 0.3 is 5.69 Å². The lowest BCUT2D eigenvalue weighted by atomic mass is 10.2. The van der Waals surface area contributed by atoms with Crippen LogP contribution in [0.3, 0.4) is 0 Å². The predicted octanol–water partition coefficient (Wildman–Crippen LogP) is 2.80. The number of halogens is 1. The SMILES string of the molecule is Cc1cccc(S(=O)(=O)c2cc(O)c(O)c([N+](=O)[O-])c2)c1Cl. The van der Waals surface area contributed by atoms with E-state index in [-0.39, 0.29) is 9.92 Å². The molecule has 0 saturated heterocycles. The highest BCUT2D eigenvalue weighted by molar-refractivity contribution is 7.91. The van der Waals surface area contributed by atoms with Crippen LogP contribution in [0.5, 0.6) is 11.5 Å². The Bertz CT molecular complexity index is 878. The largest absolute Gasteiger partial charge is 0.504 e. The third-order valence-corrected chi connectivity index (χ3v) is 5.39. The van der Waals surface area contributed by atoms with Crippen molar-refractivity contribution in [2.45, 2.75) is 16.7 Å². The molecule has 0 atom stereocenters. The highest BCUT2D eigenvalue weighted by Gasteiger charge is 2.27. The van der Waals surface area contributed by atoms with Gasteiger partial charge in [-0.25, -0.2) is 8.42 Å². The molecule has 0 fully saturated rings. The van der Waals surface area contributed by atoms with Gasteiger partial charge in [0, 0.05) is 12.1 Å². The number of benzene rings is 2. The Morgan fingerprint density at radius 1 is 1.23 bits per heavy atom. The van der Waals surface area contributed by atoms with Crippen LogP contribution in [0.25, 0.3) is 0 Å². The highest BCUT2D eigenvalue weighted by Crippen LogP contribution is 2.40. The van der Waals surface area contributed by atoms with Crippen LogP contribution in [0, 0.1) is 17.0 Å². The van der Waals surface area contributed by atoms with Crippen LogP contribution in [-0.4, -0.2) is 23.6 Å². The summed E-state index contributed by atoms with van der Waals surface area (Å²) in [6, 6.07) is 5.74. The van der Waals surface area contributed by atoms with Crippen molar-refractivity contribution in [3.8, 4) is 11.5 Å². The molecule has 0 amide bonds. The summed E-state index contributed by atoms with van der Waals surface area (Å²) in [4.78, 5) is 9.05. The van der Waals surface area contributed by atoms with Gasteiger partial charge in [-0.1, -0.05) is 23.7 Å². The Hall–Kier alpha value is -2.32. The van der Waals surface area contributed by atoms with E-state index in [0.29, 0.717) is 11.6 Å². The monoisotopic (exact) mass is 343 g/mol. The summed E-state index contributed by atoms with van der Waals surface area (Å²) in [5.74, 6) is -1.91. The maximum atomic E-state index is 12.5. The third kappa shape index (κ3) is 2.58. The van der Waals surface area contributed by atoms with E-state index >= 15 is 0 Å². The second kappa shape index (κ2) is 5.47. The average Bonchev–Trinajstić information content (AvgIpc) is 2.43. The summed E-state index contributed by atoms with van der Waals surface area (Å²) in [5, 5.41) is 29.7. The van der Waals surface area contributed by atoms with Gasteiger partial charge in [0.15, 0.2) is 5.75 Å². The molecular weight excluding hydrogens is 334 g/mol. The normalized spacial score (nSPS) is 11.4. The number of nitrogens with zero attached hydrogens (tertiary/aromatic N) is 1. The van der Waals surface area contributed by atoms with Crippen LogP contribution >= 0.6 is 11.6 Å². The summed E-state index contributed by atoms with van der Waals surface area (Å²) in [6.07, 6.45) is 0. The van der Waals surface area contributed by atoms with Gasteiger partial charge in [-0.3, -0.25) is 10.1 Å². The van der Waals surface area contributed by atoms with Crippen molar-refractivity contribution >= 4 is 27.1 Å². The van der Waals surface area contributed by atoms with Gasteiger partial charge in [-0.15, -0.1) is 0 Å². The van der Waals surface area contributed by atoms with Gasteiger partial charge < -0.3 is 10.2 Å². The molecule has 2 aromatic rings. The number of aromatic hydroxyl groups is 2. The Labute approximate surface area is 130 Å². The van der Waals surface area contributed by atoms with E-state index in [2.05, 4.69) is 0 Å². The van der Waals surface area contributed by atoms with Gasteiger partial charge in [0.05, 0.1) is 19.7 Å². The molecular formula is C13H10ClNO6S. The van der Waals surface area contributed by atoms with Crippen LogP contribution in [0.15, 0.2) is 40.1 Å². The van der Waals surface area contributed by atoms with E-state index in [1.807, 2.05) is 0 Å². The van der Waals surface area contributed by atoms with Crippen molar-refractivity contribution in [2.75, 3.05) is 0 Å². The van der Waals surface area contributed by atoms with Crippen molar-refractivity contribution in [3.05, 3.63) is 51.0 Å². The molecule has 0 spiro atoms. The Morgan fingerprint density at radius 3 is 2.45 bits per heavy atom. The molecule has 2 rings (SSSR count). The average molecular weight is 344 g/mol. The first-order valence-electron chi connectivity index (χ1n) is 5.87. The van der Waals surface area contributed by atoms with E-state index < -0.39 is 36.8 Å². The topological polar surface area (TPSA) is 118 Å². The van der Waals surface area contributed by atoms with Crippen LogP contribution < -0.4 is 0 Å². The first-order chi connectivity index (χ1) is 10.2. The van der Waals surface area contributed by atoms with E-state index in [9.17, 15) is 28.7 Å². The van der Waals surface area contributed by atoms with Gasteiger partial charge in [0.1, 0.15) is 0 Å². The number of nitro groups is 1. The van der Waals surface area contributed by atoms with E-state index in [1.54, 1.807) is 13.0 Å². The lowest BCUT2D eigenvalue weighted by Crippen LogP contribution is -2.04. The van der Waals surface area contributed by atoms with Crippen molar-refractivity contribution in [1.29, 1.82) is 0 Å². The number of nitro benzene ring substituents is 1. The van der Waals surface area contributed by atoms with Crippen molar-refractivity contribution in [2.24, 2.45) is 0 Å². The summed E-state index contributed by atoms with van der Waals surface area (Å²) in [5.41, 5.74) is -0.400. The lowest BCUT2D eigenvalue weighted by molar-refractivity contribution is -0.386. The fraction of sp³-hybridized carbons (Fsp3) is 0.0769. The minimum Gasteiger partial charge on any atom is -0.504 e. The molecule has 116 valence electrons. The molecule has 7 nitrogen and oxygen atoms in total. The Kier molecular flexibility index (Phi) is 3.99. The molecule has 0 aliphatic rings. The Morgan fingerprint density at radius 2 is 1.86 bits per heavy atom. The number of hydrogen-bond acceptors (Lipinski definition) is 6. The summed E-state index contributed by atoms with van der Waals surface area (Å²) < 4.78 is 25.1. The Balaban J connectivity index is 2.75. The number of phenolic OH excluding ortho intramolecular Hbond substituents is 2. The number of sulfone groups is 1.